The normalized spacial score (nSPS) is 12.7. The van der Waals surface area contributed by atoms with Crippen LogP contribution in [0.3, 0.4) is 0 Å². The number of aryl methyl sites for hydroxylation is 1. The summed E-state index contributed by atoms with van der Waals surface area (Å²) in [5, 5.41) is 8.43. The number of hydrogen-bond acceptors (Lipinski definition) is 0. The van der Waals surface area contributed by atoms with E-state index in [2.05, 4.69) is 212 Å². The summed E-state index contributed by atoms with van der Waals surface area (Å²) in [6, 6.07) is 65.1. The van der Waals surface area contributed by atoms with Crippen molar-refractivity contribution in [3.8, 4) is 0 Å². The van der Waals surface area contributed by atoms with Crippen LogP contribution in [0.15, 0.2) is 164 Å². The molecule has 0 radical (unpaired) electrons. The van der Waals surface area contributed by atoms with Gasteiger partial charge in [0.2, 0.25) is 0 Å². The van der Waals surface area contributed by atoms with Gasteiger partial charge in [-0.2, -0.15) is 0 Å². The zero-order valence-corrected chi connectivity index (χ0v) is 67.3. The molecule has 6 aromatic carbocycles. The Kier molecular flexibility index (Phi) is 43.3. The zero-order valence-electron chi connectivity index (χ0n) is 65.5. The van der Waals surface area contributed by atoms with Crippen molar-refractivity contribution >= 4 is 45.9 Å². The highest BCUT2D eigenvalue weighted by Crippen LogP contribution is 2.56. The van der Waals surface area contributed by atoms with Crippen LogP contribution >= 0.6 is 14.1 Å². The van der Waals surface area contributed by atoms with Crippen molar-refractivity contribution in [3.05, 3.63) is 180 Å². The second kappa shape index (κ2) is 51.1. The Morgan fingerprint density at radius 2 is 0.495 bits per heavy atom. The van der Waals surface area contributed by atoms with E-state index >= 15 is 0 Å². The molecule has 0 aliphatic heterocycles. The average Bonchev–Trinajstić information content (AvgIpc) is 0.705. The van der Waals surface area contributed by atoms with Gasteiger partial charge in [-0.05, 0) is 165 Å². The molecule has 6 rings (SSSR count). The van der Waals surface area contributed by atoms with E-state index in [0.29, 0.717) is 5.41 Å². The van der Waals surface area contributed by atoms with Gasteiger partial charge in [-0.25, -0.2) is 0 Å². The molecule has 0 aliphatic carbocycles. The maximum Gasteiger partial charge on any atom is 0.301 e. The van der Waals surface area contributed by atoms with Gasteiger partial charge in [-0.1, -0.05) is 402 Å². The molecular weight excluding hydrogens is 1230 g/mol. The minimum atomic E-state index is -3.02. The summed E-state index contributed by atoms with van der Waals surface area (Å²) in [4.78, 5) is 0. The lowest BCUT2D eigenvalue weighted by Crippen LogP contribution is -2.40. The molecule has 0 amide bonds. The molecule has 0 fully saturated rings. The summed E-state index contributed by atoms with van der Waals surface area (Å²) in [5.41, 5.74) is 5.52. The van der Waals surface area contributed by atoms with Gasteiger partial charge in [-0.15, -0.1) is 4.17 Å². The zero-order chi connectivity index (χ0) is 70.1. The highest BCUT2D eigenvalue weighted by molar-refractivity contribution is 7.94. The topological polar surface area (TPSA) is 14.1 Å². The molecule has 0 saturated heterocycles. The fraction of sp³-hybridized carbons (Fsp3) is 0.625. The second-order valence-corrected chi connectivity index (χ2v) is 37.4. The molecule has 0 saturated carbocycles. The summed E-state index contributed by atoms with van der Waals surface area (Å²) in [6.45, 7) is 16.9. The van der Waals surface area contributed by atoms with E-state index in [0.717, 1.165) is 12.8 Å². The molecule has 6 aromatic rings. The summed E-state index contributed by atoms with van der Waals surface area (Å²) in [7, 11) is -5.85. The van der Waals surface area contributed by atoms with Gasteiger partial charge in [-0.3, -0.25) is 0 Å². The molecule has 0 aliphatic rings. The number of hydrogen-bond donors (Lipinski definition) is 0. The lowest BCUT2D eigenvalue weighted by atomic mass is 9.62. The predicted molar refractivity (Wildman–Crippen MR) is 450 cm³/mol. The third-order valence-electron chi connectivity index (χ3n) is 23.1. The molecule has 99 heavy (non-hydrogen) atoms. The van der Waals surface area contributed by atoms with E-state index in [4.69, 9.17) is 4.17 Å². The maximum atomic E-state index is 7.39. The maximum absolute atomic E-state index is 7.39. The van der Waals surface area contributed by atoms with Crippen molar-refractivity contribution in [1.82, 2.24) is 4.17 Å². The Morgan fingerprint density at radius 3 is 0.808 bits per heavy atom. The van der Waals surface area contributed by atoms with Gasteiger partial charge in [0.1, 0.15) is 0 Å². The summed E-state index contributed by atoms with van der Waals surface area (Å²) in [6.07, 6.45) is 69.1. The quantitative estimate of drug-likeness (QED) is 0.0205. The van der Waals surface area contributed by atoms with Gasteiger partial charge >= 0.3 is 14.1 Å². The standard InChI is InChI=1S/C96H150NP2/c1-8-15-22-27-29-31-33-35-36-38-40-42-44-64-83-96(82-63-43-41-39-37-34-32-30-28-23-16-9-2,85-84-95(79-60-24-17-10-3,80-61-25-18-11-4)81-62-26-19-12-5)94-92(76-21-14-7)86(65-20-13-6)77-78-93(94)99(90-72-56-48-57-73-90,91-74-58-49-59-75-91)97-98(87-66-50-45-51-67-87,88-68-52-46-53-69-88)89-70-54-47-55-71-89/h45-59,66-75,77-78H,8-44,60-65,76,79-85H2,1-7H3/q+1. The molecule has 0 heterocycles. The molecule has 3 heteroatoms. The molecule has 0 bridgehead atoms. The summed E-state index contributed by atoms with van der Waals surface area (Å²) in [5.74, 6) is 0. The highest BCUT2D eigenvalue weighted by Gasteiger charge is 2.49. The van der Waals surface area contributed by atoms with E-state index in [1.54, 1.807) is 22.0 Å². The minimum absolute atomic E-state index is 0.0323. The molecule has 1 nitrogen and oxygen atoms in total. The van der Waals surface area contributed by atoms with E-state index in [-0.39, 0.29) is 5.41 Å². The SMILES string of the molecule is CCCCCCCCCCCCCCCCC(CCCCCCCCCCCCCC)(CCC(CCCCCC)(CCCCCC)CCCCCC)c1c(P(=[N+]=P(c2ccccc2)(c2ccccc2)c2ccccc2)(c2ccccc2)c2ccccc2)ccc(CCCC)c1CCCC. The average molecular weight is 1380 g/mol. The van der Waals surface area contributed by atoms with Crippen LogP contribution in [-0.2, 0) is 18.3 Å². The van der Waals surface area contributed by atoms with Gasteiger partial charge in [0.25, 0.3) is 0 Å². The smallest absolute Gasteiger partial charge is 0.148 e. The van der Waals surface area contributed by atoms with Crippen molar-refractivity contribution in [3.63, 3.8) is 0 Å². The van der Waals surface area contributed by atoms with Crippen LogP contribution in [0, 0.1) is 5.41 Å². The lowest BCUT2D eigenvalue weighted by molar-refractivity contribution is 0.148. The molecule has 0 spiro atoms. The van der Waals surface area contributed by atoms with Gasteiger partial charge in [0, 0.05) is 0 Å². The van der Waals surface area contributed by atoms with E-state index < -0.39 is 14.1 Å². The first-order valence-corrected chi connectivity index (χ1v) is 46.3. The number of unbranched alkanes of at least 4 members (excludes halogenated alkanes) is 35. The van der Waals surface area contributed by atoms with Crippen LogP contribution in [0.1, 0.15) is 380 Å². The van der Waals surface area contributed by atoms with Crippen LogP contribution in [0.2, 0.25) is 0 Å². The first kappa shape index (κ1) is 83.8. The van der Waals surface area contributed by atoms with E-state index in [1.807, 2.05) is 0 Å². The fourth-order valence-corrected chi connectivity index (χ4v) is 26.9. The lowest BCUT2D eigenvalue weighted by Gasteiger charge is -2.44. The molecule has 1 atom stereocenters. The summed E-state index contributed by atoms with van der Waals surface area (Å²) < 4.78 is 7.39. The Balaban J connectivity index is 1.76. The first-order chi connectivity index (χ1) is 48.9. The molecule has 0 N–H and O–H groups in total. The van der Waals surface area contributed by atoms with Gasteiger partial charge in [0.15, 0.2) is 0 Å². The van der Waals surface area contributed by atoms with Crippen molar-refractivity contribution < 1.29 is 0 Å². The van der Waals surface area contributed by atoms with Crippen LogP contribution < -0.4 is 36.0 Å². The van der Waals surface area contributed by atoms with Crippen LogP contribution in [-0.4, -0.2) is 0 Å². The third-order valence-corrected chi connectivity index (χ3v) is 31.5. The Bertz CT molecular complexity index is 2870. The van der Waals surface area contributed by atoms with E-state index in [9.17, 15) is 0 Å². The van der Waals surface area contributed by atoms with Crippen molar-refractivity contribution in [2.75, 3.05) is 0 Å². The Labute approximate surface area is 613 Å². The van der Waals surface area contributed by atoms with Crippen LogP contribution in [0.5, 0.6) is 0 Å². The Hall–Kier alpha value is -4.11. The number of benzene rings is 6. The summed E-state index contributed by atoms with van der Waals surface area (Å²) >= 11 is 0. The fourth-order valence-electron chi connectivity index (χ4n) is 17.1. The van der Waals surface area contributed by atoms with Crippen LogP contribution in [0.25, 0.3) is 0 Å². The minimum Gasteiger partial charge on any atom is -0.148 e. The Morgan fingerprint density at radius 1 is 0.232 bits per heavy atom. The third kappa shape index (κ3) is 27.8. The molecule has 1 unspecified atom stereocenters. The van der Waals surface area contributed by atoms with Crippen LogP contribution in [0.4, 0.5) is 0 Å². The predicted octanol–water partition coefficient (Wildman–Crippen LogP) is 29.0. The monoisotopic (exact) mass is 1380 g/mol. The molecule has 548 valence electrons. The number of nitrogens with zero attached hydrogens (tertiary/aromatic N) is 1. The highest BCUT2D eigenvalue weighted by atomic mass is 31.2. The second-order valence-electron chi connectivity index (χ2n) is 31.0. The van der Waals surface area contributed by atoms with Gasteiger partial charge in [0.05, 0.1) is 31.8 Å². The van der Waals surface area contributed by atoms with Crippen molar-refractivity contribution in [2.45, 2.75) is 381 Å². The largest absolute Gasteiger partial charge is 0.301 e. The number of rotatable bonds is 59. The molecular formula is C96H150NP2+. The van der Waals surface area contributed by atoms with Crippen molar-refractivity contribution in [1.29, 1.82) is 0 Å². The van der Waals surface area contributed by atoms with Gasteiger partial charge < -0.3 is 0 Å². The molecule has 0 aromatic heterocycles. The van der Waals surface area contributed by atoms with Crippen molar-refractivity contribution in [2.24, 2.45) is 5.41 Å². The van der Waals surface area contributed by atoms with E-state index in [1.165, 1.54) is 341 Å². The first-order valence-electron chi connectivity index (χ1n) is 42.8.